The molecule has 0 saturated carbocycles. The molecule has 1 aliphatic heterocycles. The maximum absolute atomic E-state index is 14.6. The van der Waals surface area contributed by atoms with E-state index in [1.165, 1.54) is 7.11 Å². The van der Waals surface area contributed by atoms with Crippen LogP contribution in [0.25, 0.3) is 0 Å². The second-order valence-corrected chi connectivity index (χ2v) is 8.77. The largest absolute Gasteiger partial charge is 0.481 e. The van der Waals surface area contributed by atoms with Gasteiger partial charge in [0.05, 0.1) is 6.61 Å². The minimum atomic E-state index is -3.61. The Bertz CT molecular complexity index is 798. The van der Waals surface area contributed by atoms with Crippen LogP contribution in [0, 0.1) is 0 Å². The molecule has 1 aromatic rings. The SMILES string of the molecule is CO[C@H]1[C@@H](F)[C@H](n2ccc(=O)[nH]c2=O)O[C@@H]1COP(O)(=S)CC(=O)O. The molecule has 1 unspecified atom stereocenters. The van der Waals surface area contributed by atoms with Gasteiger partial charge in [-0.15, -0.1) is 0 Å². The Labute approximate surface area is 145 Å². The fraction of sp³-hybridized carbons (Fsp3) is 0.583. The number of ether oxygens (including phenoxy) is 2. The zero-order chi connectivity index (χ0) is 18.8. The van der Waals surface area contributed by atoms with E-state index in [1.807, 2.05) is 4.98 Å². The monoisotopic (exact) mass is 398 g/mol. The van der Waals surface area contributed by atoms with Gasteiger partial charge in [-0.2, -0.15) is 0 Å². The highest BCUT2D eigenvalue weighted by Crippen LogP contribution is 2.43. The highest BCUT2D eigenvalue weighted by atomic mass is 32.5. The number of nitrogens with one attached hydrogen (secondary N) is 1. The fourth-order valence-electron chi connectivity index (χ4n) is 2.37. The van der Waals surface area contributed by atoms with Gasteiger partial charge < -0.3 is 24.0 Å². The predicted octanol–water partition coefficient (Wildman–Crippen LogP) is -0.810. The van der Waals surface area contributed by atoms with Crippen LogP contribution in [0.2, 0.25) is 0 Å². The van der Waals surface area contributed by atoms with E-state index >= 15 is 0 Å². The molecule has 0 amide bonds. The first-order valence-corrected chi connectivity index (χ1v) is 9.82. The molecule has 3 N–H and O–H groups in total. The highest BCUT2D eigenvalue weighted by Gasteiger charge is 2.47. The third-order valence-electron chi connectivity index (χ3n) is 3.44. The average Bonchev–Trinajstić information content (AvgIpc) is 2.80. The number of halogens is 1. The molecule has 10 nitrogen and oxygen atoms in total. The predicted molar refractivity (Wildman–Crippen MR) is 85.9 cm³/mol. The summed E-state index contributed by atoms with van der Waals surface area (Å²) in [6.45, 7) is -4.03. The summed E-state index contributed by atoms with van der Waals surface area (Å²) in [5.41, 5.74) is -1.51. The van der Waals surface area contributed by atoms with Gasteiger partial charge in [-0.1, -0.05) is 0 Å². The van der Waals surface area contributed by atoms with E-state index < -0.39 is 61.1 Å². The lowest BCUT2D eigenvalue weighted by Crippen LogP contribution is -2.36. The van der Waals surface area contributed by atoms with Crippen molar-refractivity contribution >= 4 is 24.3 Å². The zero-order valence-corrected chi connectivity index (χ0v) is 14.6. The first-order valence-electron chi connectivity index (χ1n) is 6.96. The molecular weight excluding hydrogens is 382 g/mol. The molecule has 1 fully saturated rings. The average molecular weight is 398 g/mol. The maximum atomic E-state index is 14.6. The van der Waals surface area contributed by atoms with Crippen molar-refractivity contribution in [1.82, 2.24) is 9.55 Å². The van der Waals surface area contributed by atoms with Gasteiger partial charge >= 0.3 is 11.7 Å². The lowest BCUT2D eigenvalue weighted by atomic mass is 10.1. The second-order valence-electron chi connectivity index (χ2n) is 5.21. The van der Waals surface area contributed by atoms with Crippen LogP contribution in [0.3, 0.4) is 0 Å². The molecule has 2 heterocycles. The number of aliphatic carboxylic acids is 1. The molecule has 1 aromatic heterocycles. The highest BCUT2D eigenvalue weighted by molar-refractivity contribution is 8.09. The zero-order valence-electron chi connectivity index (χ0n) is 12.9. The number of nitrogens with zero attached hydrogens (tertiary/aromatic N) is 1. The lowest BCUT2D eigenvalue weighted by molar-refractivity contribution is -0.134. The van der Waals surface area contributed by atoms with Crippen molar-refractivity contribution in [3.63, 3.8) is 0 Å². The third kappa shape index (κ3) is 4.81. The number of hydrogen-bond acceptors (Lipinski definition) is 7. The number of methoxy groups -OCH3 is 1. The third-order valence-corrected chi connectivity index (χ3v) is 5.37. The molecule has 13 heteroatoms. The Morgan fingerprint density at radius 3 is 2.80 bits per heavy atom. The van der Waals surface area contributed by atoms with Crippen molar-refractivity contribution in [1.29, 1.82) is 0 Å². The van der Waals surface area contributed by atoms with Crippen LogP contribution in [-0.2, 0) is 30.6 Å². The molecule has 140 valence electrons. The van der Waals surface area contributed by atoms with Crippen LogP contribution in [0.1, 0.15) is 6.23 Å². The van der Waals surface area contributed by atoms with E-state index in [4.69, 9.17) is 30.9 Å². The van der Waals surface area contributed by atoms with Crippen molar-refractivity contribution in [3.05, 3.63) is 33.1 Å². The smallest absolute Gasteiger partial charge is 0.330 e. The summed E-state index contributed by atoms with van der Waals surface area (Å²) in [4.78, 5) is 45.2. The van der Waals surface area contributed by atoms with Crippen molar-refractivity contribution in [2.24, 2.45) is 0 Å². The van der Waals surface area contributed by atoms with Crippen molar-refractivity contribution in [3.8, 4) is 0 Å². The molecule has 0 aliphatic carbocycles. The second kappa shape index (κ2) is 7.85. The van der Waals surface area contributed by atoms with Crippen LogP contribution in [0.5, 0.6) is 0 Å². The summed E-state index contributed by atoms with van der Waals surface area (Å²) < 4.78 is 30.9. The minimum Gasteiger partial charge on any atom is -0.481 e. The van der Waals surface area contributed by atoms with E-state index in [0.717, 1.165) is 16.8 Å². The van der Waals surface area contributed by atoms with Gasteiger partial charge in [0.1, 0.15) is 18.4 Å². The number of aromatic nitrogens is 2. The van der Waals surface area contributed by atoms with Gasteiger partial charge in [-0.25, -0.2) is 9.18 Å². The molecule has 5 atom stereocenters. The lowest BCUT2D eigenvalue weighted by Gasteiger charge is -2.20. The molecule has 0 radical (unpaired) electrons. The Balaban J connectivity index is 2.15. The van der Waals surface area contributed by atoms with Gasteiger partial charge in [-0.3, -0.25) is 19.1 Å². The number of alkyl halides is 1. The molecule has 1 saturated heterocycles. The summed E-state index contributed by atoms with van der Waals surface area (Å²) in [6.07, 6.45) is -5.04. The number of aromatic amines is 1. The molecule has 0 aromatic carbocycles. The van der Waals surface area contributed by atoms with Gasteiger partial charge in [0.2, 0.25) is 0 Å². The summed E-state index contributed by atoms with van der Waals surface area (Å²) in [5.74, 6) is -1.33. The van der Waals surface area contributed by atoms with Crippen molar-refractivity contribution < 1.29 is 33.2 Å². The Kier molecular flexibility index (Phi) is 6.25. The van der Waals surface area contributed by atoms with Gasteiger partial charge in [0.15, 0.2) is 18.9 Å². The van der Waals surface area contributed by atoms with Gasteiger partial charge in [-0.05, 0) is 11.8 Å². The molecule has 0 spiro atoms. The van der Waals surface area contributed by atoms with Crippen LogP contribution in [-0.4, -0.2) is 63.8 Å². The van der Waals surface area contributed by atoms with Crippen LogP contribution in [0.4, 0.5) is 4.39 Å². The van der Waals surface area contributed by atoms with E-state index in [9.17, 15) is 23.7 Å². The molecule has 25 heavy (non-hydrogen) atoms. The number of carboxylic acids is 1. The van der Waals surface area contributed by atoms with E-state index in [1.54, 1.807) is 0 Å². The minimum absolute atomic E-state index is 0.422. The quantitative estimate of drug-likeness (QED) is 0.503. The first kappa shape index (κ1) is 19.9. The molecule has 0 bridgehead atoms. The number of carboxylic acid groups (broad SMARTS) is 1. The van der Waals surface area contributed by atoms with E-state index in [-0.39, 0.29) is 0 Å². The molecule has 2 rings (SSSR count). The van der Waals surface area contributed by atoms with Gasteiger partial charge in [0, 0.05) is 19.4 Å². The number of H-pyrrole nitrogens is 1. The Hall–Kier alpha value is -1.43. The summed E-state index contributed by atoms with van der Waals surface area (Å²) >= 11 is 4.70. The standard InChI is InChI=1S/C12H16FN2O8PS/c1-21-10-6(4-22-24(20,25)5-8(17)18)23-11(9(10)13)15-3-2-7(16)14-12(15)19/h2-3,6,9-11H,4-5H2,1H3,(H,17,18)(H,20,25)(H,14,16,19)/t6-,9-,10-,11-,24?/m1/s1. The maximum Gasteiger partial charge on any atom is 0.330 e. The number of carbonyl (C=O) groups is 1. The van der Waals surface area contributed by atoms with Gasteiger partial charge in [0.25, 0.3) is 5.56 Å². The van der Waals surface area contributed by atoms with E-state index in [0.29, 0.717) is 0 Å². The Morgan fingerprint density at radius 1 is 1.56 bits per heavy atom. The van der Waals surface area contributed by atoms with Crippen molar-refractivity contribution in [2.45, 2.75) is 24.6 Å². The number of rotatable bonds is 7. The van der Waals surface area contributed by atoms with E-state index in [2.05, 4.69) is 0 Å². The van der Waals surface area contributed by atoms with Crippen LogP contribution >= 0.6 is 6.49 Å². The van der Waals surface area contributed by atoms with Crippen LogP contribution in [0.15, 0.2) is 21.9 Å². The summed E-state index contributed by atoms with van der Waals surface area (Å²) in [5, 5.41) is 8.66. The normalized spacial score (nSPS) is 28.6. The first-order chi connectivity index (χ1) is 11.6. The topological polar surface area (TPSA) is 140 Å². The van der Waals surface area contributed by atoms with Crippen molar-refractivity contribution in [2.75, 3.05) is 19.9 Å². The van der Waals surface area contributed by atoms with Crippen LogP contribution < -0.4 is 11.2 Å². The summed E-state index contributed by atoms with van der Waals surface area (Å²) in [6, 6.07) is 1.03. The molecular formula is C12H16FN2O8PS. The molecule has 1 aliphatic rings. The summed E-state index contributed by atoms with van der Waals surface area (Å²) in [7, 11) is 1.22. The number of hydrogen-bond donors (Lipinski definition) is 3. The fourth-order valence-corrected chi connectivity index (χ4v) is 3.69. The Morgan fingerprint density at radius 2 is 2.24 bits per heavy atom.